The Balaban J connectivity index is 0.000000365. The van der Waals surface area contributed by atoms with E-state index < -0.39 is 36.4 Å². The Morgan fingerprint density at radius 1 is 0.847 bits per heavy atom. The maximum Gasteiger partial charge on any atom is 0.490 e. The minimum Gasteiger partial charge on any atom is -0.475 e. The number of fused-ring (bicyclic) bond motifs is 1. The van der Waals surface area contributed by atoms with Crippen molar-refractivity contribution in [1.82, 2.24) is 30.3 Å². The van der Waals surface area contributed by atoms with Gasteiger partial charge in [-0.3, -0.25) is 19.6 Å². The third kappa shape index (κ3) is 15.8. The number of carbonyl (C=O) groups excluding carboxylic acids is 2. The largest absolute Gasteiger partial charge is 0.490 e. The van der Waals surface area contributed by atoms with Crippen molar-refractivity contribution in [1.29, 1.82) is 0 Å². The second kappa shape index (κ2) is 20.7. The molecule has 1 aliphatic heterocycles. The number of carboxylic acids is 3. The minimum atomic E-state index is -5.08. The number of ether oxygens (including phenoxy) is 1. The lowest BCUT2D eigenvalue weighted by Crippen LogP contribution is -2.41. The van der Waals surface area contributed by atoms with Crippen molar-refractivity contribution in [2.75, 3.05) is 39.4 Å². The quantitative estimate of drug-likeness (QED) is 0.133. The number of aromatic nitrogens is 3. The first-order chi connectivity index (χ1) is 27.5. The molecule has 1 aliphatic carbocycles. The molecule has 6 rings (SSSR count). The summed E-state index contributed by atoms with van der Waals surface area (Å²) in [5, 5.41) is 31.8. The number of halogens is 9. The van der Waals surface area contributed by atoms with E-state index in [9.17, 15) is 49.1 Å². The van der Waals surface area contributed by atoms with Gasteiger partial charge < -0.3 is 30.3 Å². The zero-order valence-corrected chi connectivity index (χ0v) is 30.8. The van der Waals surface area contributed by atoms with Crippen LogP contribution in [0, 0.1) is 0 Å². The van der Waals surface area contributed by atoms with Crippen LogP contribution in [0.3, 0.4) is 0 Å². The van der Waals surface area contributed by atoms with Crippen molar-refractivity contribution in [2.45, 2.75) is 44.0 Å². The highest BCUT2D eigenvalue weighted by molar-refractivity contribution is 7.20. The van der Waals surface area contributed by atoms with Crippen molar-refractivity contribution in [3.8, 4) is 11.1 Å². The first-order valence-corrected chi connectivity index (χ1v) is 17.6. The van der Waals surface area contributed by atoms with Crippen LogP contribution in [0.5, 0.6) is 0 Å². The maximum absolute atomic E-state index is 13.6. The molecule has 5 N–H and O–H groups in total. The summed E-state index contributed by atoms with van der Waals surface area (Å²) in [5.41, 5.74) is 4.40. The fourth-order valence-electron chi connectivity index (χ4n) is 4.74. The van der Waals surface area contributed by atoms with Gasteiger partial charge in [-0.15, -0.1) is 11.3 Å². The highest BCUT2D eigenvalue weighted by Gasteiger charge is 2.39. The lowest BCUT2D eigenvalue weighted by Gasteiger charge is -2.26. The van der Waals surface area contributed by atoms with E-state index in [1.165, 1.54) is 11.3 Å². The van der Waals surface area contributed by atoms with Gasteiger partial charge in [0.05, 0.1) is 29.6 Å². The summed E-state index contributed by atoms with van der Waals surface area (Å²) in [5.74, 6) is -8.42. The zero-order valence-electron chi connectivity index (χ0n) is 30.0. The van der Waals surface area contributed by atoms with E-state index in [0.717, 1.165) is 72.6 Å². The van der Waals surface area contributed by atoms with Gasteiger partial charge in [0.1, 0.15) is 0 Å². The normalized spacial score (nSPS) is 14.3. The van der Waals surface area contributed by atoms with Crippen LogP contribution in [-0.2, 0) is 25.7 Å². The Morgan fingerprint density at radius 2 is 1.42 bits per heavy atom. The van der Waals surface area contributed by atoms with Gasteiger partial charge in [-0.05, 0) is 48.2 Å². The number of morpholine rings is 1. The number of thiazole rings is 1. The van der Waals surface area contributed by atoms with Crippen molar-refractivity contribution in [3.63, 3.8) is 0 Å². The lowest BCUT2D eigenvalue weighted by molar-refractivity contribution is -0.193. The summed E-state index contributed by atoms with van der Waals surface area (Å²) in [7, 11) is 0. The first-order valence-electron chi connectivity index (χ1n) is 16.8. The van der Waals surface area contributed by atoms with E-state index in [1.54, 1.807) is 6.20 Å². The van der Waals surface area contributed by atoms with Crippen LogP contribution in [0.25, 0.3) is 21.3 Å². The number of amides is 2. The molecule has 2 aromatic heterocycles. The van der Waals surface area contributed by atoms with Crippen LogP contribution >= 0.6 is 11.3 Å². The molecule has 2 aliphatic rings. The molecule has 0 spiro atoms. The minimum absolute atomic E-state index is 0.0565. The average Bonchev–Trinajstić information content (AvgIpc) is 3.66. The predicted octanol–water partition coefficient (Wildman–Crippen LogP) is 5.45. The molecule has 59 heavy (non-hydrogen) atoms. The van der Waals surface area contributed by atoms with Gasteiger partial charge in [0.25, 0.3) is 11.8 Å². The molecule has 0 radical (unpaired) electrons. The summed E-state index contributed by atoms with van der Waals surface area (Å²) >= 11 is 1.42. The summed E-state index contributed by atoms with van der Waals surface area (Å²) < 4.78 is 102. The molecule has 2 amide bonds. The number of carboxylic acid groups (broad SMARTS) is 3. The number of hydrogen-bond donors (Lipinski definition) is 5. The zero-order chi connectivity index (χ0) is 44.1. The molecule has 3 heterocycles. The van der Waals surface area contributed by atoms with Gasteiger partial charge in [-0.1, -0.05) is 18.2 Å². The van der Waals surface area contributed by atoms with Gasteiger partial charge >= 0.3 is 36.4 Å². The monoisotopic (exact) mass is 872 g/mol. The Bertz CT molecular complexity index is 1990. The number of aliphatic carboxylic acids is 3. The molecule has 322 valence electrons. The molecule has 1 saturated carbocycles. The Kier molecular flexibility index (Phi) is 16.7. The number of alkyl halides is 9. The third-order valence-electron chi connectivity index (χ3n) is 7.74. The van der Waals surface area contributed by atoms with Crippen LogP contribution < -0.4 is 5.32 Å². The van der Waals surface area contributed by atoms with Crippen molar-refractivity contribution in [2.24, 2.45) is 0 Å². The molecular weight excluding hydrogens is 839 g/mol. The van der Waals surface area contributed by atoms with E-state index in [1.807, 2.05) is 47.5 Å². The molecule has 15 nitrogen and oxygen atoms in total. The third-order valence-corrected chi connectivity index (χ3v) is 8.74. The van der Waals surface area contributed by atoms with Crippen molar-refractivity contribution < 1.29 is 83.5 Å². The van der Waals surface area contributed by atoms with E-state index in [-0.39, 0.29) is 17.9 Å². The fraction of sp³-hybridized carbons (Fsp3) is 0.382. The first kappa shape index (κ1) is 47.6. The lowest BCUT2D eigenvalue weighted by atomic mass is 10.1. The topological polar surface area (TPSA) is 215 Å². The standard InChI is InChI=1S/C28H30N6O3S.3C2HF3O2/c35-26(29-8-9-33-10-12-37-13-11-33)21-3-1-2-19(14-21)18-34(23-5-6-23)28(36)27-32-24-7-4-20(15-25(24)38-27)22-16-30-31-17-22;3*3-2(4,5)1(6)7/h1-4,7,14-17,23H,5-6,8-13,18H2,(H,29,35)(H,30,31);3*(H,6,7). The number of benzene rings is 2. The smallest absolute Gasteiger partial charge is 0.475 e. The fourth-order valence-corrected chi connectivity index (χ4v) is 5.70. The molecule has 4 aromatic rings. The Hall–Kier alpha value is -5.82. The second-order valence-corrected chi connectivity index (χ2v) is 13.2. The summed E-state index contributed by atoms with van der Waals surface area (Å²) in [4.78, 5) is 61.9. The van der Waals surface area contributed by atoms with Crippen LogP contribution in [0.1, 0.15) is 38.6 Å². The van der Waals surface area contributed by atoms with Gasteiger partial charge in [-0.25, -0.2) is 19.4 Å². The highest BCUT2D eigenvalue weighted by atomic mass is 32.1. The van der Waals surface area contributed by atoms with Crippen LogP contribution in [0.15, 0.2) is 54.9 Å². The summed E-state index contributed by atoms with van der Waals surface area (Å²) in [6.45, 7) is 5.15. The molecule has 1 saturated heterocycles. The van der Waals surface area contributed by atoms with Crippen LogP contribution in [0.4, 0.5) is 39.5 Å². The molecule has 25 heteroatoms. The number of carbonyl (C=O) groups is 5. The number of aromatic amines is 1. The molecule has 0 unspecified atom stereocenters. The van der Waals surface area contributed by atoms with Gasteiger partial charge in [-0.2, -0.15) is 44.6 Å². The molecule has 0 atom stereocenters. The van der Waals surface area contributed by atoms with E-state index in [0.29, 0.717) is 23.7 Å². The molecule has 2 fully saturated rings. The maximum atomic E-state index is 13.6. The number of rotatable bonds is 9. The average molecular weight is 873 g/mol. The molecule has 2 aromatic carbocycles. The second-order valence-electron chi connectivity index (χ2n) is 12.2. The Morgan fingerprint density at radius 3 is 1.93 bits per heavy atom. The van der Waals surface area contributed by atoms with Crippen LogP contribution in [-0.4, -0.2) is 134 Å². The molecule has 0 bridgehead atoms. The SMILES string of the molecule is O=C(NCCN1CCOCC1)c1cccc(CN(C(=O)c2nc3ccc(-c4cn[nH]c4)cc3s2)C2CC2)c1.O=C(O)C(F)(F)F.O=C(O)C(F)(F)F.O=C(O)C(F)(F)F. The Labute approximate surface area is 330 Å². The van der Waals surface area contributed by atoms with E-state index >= 15 is 0 Å². The summed E-state index contributed by atoms with van der Waals surface area (Å²) in [6.07, 6.45) is -9.64. The van der Waals surface area contributed by atoms with E-state index in [2.05, 4.69) is 31.5 Å². The van der Waals surface area contributed by atoms with E-state index in [4.69, 9.17) is 34.4 Å². The van der Waals surface area contributed by atoms with Gasteiger partial charge in [0.2, 0.25) is 0 Å². The number of hydrogen-bond acceptors (Lipinski definition) is 10. The highest BCUT2D eigenvalue weighted by Crippen LogP contribution is 2.33. The predicted molar refractivity (Wildman–Crippen MR) is 187 cm³/mol. The summed E-state index contributed by atoms with van der Waals surface area (Å²) in [6, 6.07) is 13.8. The van der Waals surface area contributed by atoms with Gasteiger partial charge in [0.15, 0.2) is 5.01 Å². The number of nitrogens with zero attached hydrogens (tertiary/aromatic N) is 4. The number of nitrogens with one attached hydrogen (secondary N) is 2. The number of H-pyrrole nitrogens is 1. The van der Waals surface area contributed by atoms with Crippen LogP contribution in [0.2, 0.25) is 0 Å². The van der Waals surface area contributed by atoms with Crippen molar-refractivity contribution >= 4 is 51.3 Å². The molecular formula is C34H33F9N6O9S. The van der Waals surface area contributed by atoms with Gasteiger partial charge in [0, 0.05) is 56.1 Å². The van der Waals surface area contributed by atoms with Crippen molar-refractivity contribution in [3.05, 3.63) is 71.0 Å².